The first-order valence-electron chi connectivity index (χ1n) is 6.72. The van der Waals surface area contributed by atoms with Gasteiger partial charge in [0.15, 0.2) is 0 Å². The van der Waals surface area contributed by atoms with Crippen LogP contribution in [0.1, 0.15) is 41.0 Å². The highest BCUT2D eigenvalue weighted by Crippen LogP contribution is 2.12. The van der Waals surface area contributed by atoms with Crippen LogP contribution in [0.3, 0.4) is 0 Å². The zero-order valence-corrected chi connectivity index (χ0v) is 12.1. The zero-order chi connectivity index (χ0) is 16.0. The van der Waals surface area contributed by atoms with E-state index in [0.717, 1.165) is 0 Å². The van der Waals surface area contributed by atoms with E-state index in [1.54, 1.807) is 12.1 Å². The van der Waals surface area contributed by atoms with Crippen molar-refractivity contribution in [2.45, 2.75) is 20.3 Å². The van der Waals surface area contributed by atoms with Gasteiger partial charge in [0.05, 0.1) is 5.92 Å². The second-order valence-electron chi connectivity index (χ2n) is 5.32. The van der Waals surface area contributed by atoms with Gasteiger partial charge >= 0.3 is 5.97 Å². The van der Waals surface area contributed by atoms with E-state index in [2.05, 4.69) is 5.32 Å². The number of carboxylic acid groups (broad SMARTS) is 1. The van der Waals surface area contributed by atoms with Gasteiger partial charge in [-0.05, 0) is 30.5 Å². The van der Waals surface area contributed by atoms with Crippen molar-refractivity contribution in [3.05, 3.63) is 35.4 Å². The molecule has 6 nitrogen and oxygen atoms in total. The standard InChI is InChI=1S/C15H20N2O4/c1-9(2)6-12(15(20)21)8-17-14(19)11-5-3-4-10(7-11)13(16)18/h3-5,7,9,12H,6,8H2,1-2H3,(H2,16,18)(H,17,19)(H,20,21). The molecule has 0 aromatic heterocycles. The van der Waals surface area contributed by atoms with Crippen molar-refractivity contribution in [2.24, 2.45) is 17.6 Å². The molecule has 0 aliphatic carbocycles. The average molecular weight is 292 g/mol. The van der Waals surface area contributed by atoms with Gasteiger partial charge in [-0.25, -0.2) is 0 Å². The summed E-state index contributed by atoms with van der Waals surface area (Å²) in [5.74, 6) is -2.38. The van der Waals surface area contributed by atoms with E-state index in [1.165, 1.54) is 12.1 Å². The summed E-state index contributed by atoms with van der Waals surface area (Å²) in [7, 11) is 0. The maximum atomic E-state index is 12.0. The number of carbonyl (C=O) groups excluding carboxylic acids is 2. The van der Waals surface area contributed by atoms with Crippen molar-refractivity contribution in [3.63, 3.8) is 0 Å². The summed E-state index contributed by atoms with van der Waals surface area (Å²) < 4.78 is 0. The minimum Gasteiger partial charge on any atom is -0.481 e. The van der Waals surface area contributed by atoms with E-state index in [1.807, 2.05) is 13.8 Å². The lowest BCUT2D eigenvalue weighted by Crippen LogP contribution is -2.33. The largest absolute Gasteiger partial charge is 0.481 e. The Morgan fingerprint density at radius 1 is 1.24 bits per heavy atom. The Morgan fingerprint density at radius 3 is 2.38 bits per heavy atom. The van der Waals surface area contributed by atoms with Gasteiger partial charge in [-0.3, -0.25) is 14.4 Å². The van der Waals surface area contributed by atoms with Crippen molar-refractivity contribution < 1.29 is 19.5 Å². The first-order chi connectivity index (χ1) is 9.81. The highest BCUT2D eigenvalue weighted by Gasteiger charge is 2.20. The SMILES string of the molecule is CC(C)CC(CNC(=O)c1cccc(C(N)=O)c1)C(=O)O. The van der Waals surface area contributed by atoms with Gasteiger partial charge in [-0.2, -0.15) is 0 Å². The quantitative estimate of drug-likeness (QED) is 0.702. The van der Waals surface area contributed by atoms with Crippen molar-refractivity contribution >= 4 is 17.8 Å². The van der Waals surface area contributed by atoms with E-state index in [4.69, 9.17) is 10.8 Å². The predicted octanol–water partition coefficient (Wildman–Crippen LogP) is 1.26. The van der Waals surface area contributed by atoms with E-state index in [-0.39, 0.29) is 23.6 Å². The monoisotopic (exact) mass is 292 g/mol. The lowest BCUT2D eigenvalue weighted by molar-refractivity contribution is -0.142. The van der Waals surface area contributed by atoms with Crippen molar-refractivity contribution in [1.82, 2.24) is 5.32 Å². The molecule has 0 aliphatic rings. The number of nitrogens with two attached hydrogens (primary N) is 1. The molecule has 1 rings (SSSR count). The van der Waals surface area contributed by atoms with Crippen molar-refractivity contribution in [2.75, 3.05) is 6.54 Å². The molecule has 0 bridgehead atoms. The molecule has 0 spiro atoms. The van der Waals surface area contributed by atoms with E-state index >= 15 is 0 Å². The highest BCUT2D eigenvalue weighted by atomic mass is 16.4. The Morgan fingerprint density at radius 2 is 1.86 bits per heavy atom. The molecule has 0 fully saturated rings. The predicted molar refractivity (Wildman–Crippen MR) is 77.9 cm³/mol. The van der Waals surface area contributed by atoms with Crippen LogP contribution in [0.4, 0.5) is 0 Å². The van der Waals surface area contributed by atoms with Crippen LogP contribution in [0.25, 0.3) is 0 Å². The molecule has 0 heterocycles. The topological polar surface area (TPSA) is 109 Å². The third-order valence-electron chi connectivity index (χ3n) is 3.02. The van der Waals surface area contributed by atoms with Crippen LogP contribution in [0.2, 0.25) is 0 Å². The molecule has 0 aliphatic heterocycles. The molecule has 1 aromatic carbocycles. The van der Waals surface area contributed by atoms with Gasteiger partial charge in [-0.1, -0.05) is 19.9 Å². The summed E-state index contributed by atoms with van der Waals surface area (Å²) in [5, 5.41) is 11.7. The summed E-state index contributed by atoms with van der Waals surface area (Å²) >= 11 is 0. The second-order valence-corrected chi connectivity index (χ2v) is 5.32. The second kappa shape index (κ2) is 7.42. The van der Waals surface area contributed by atoms with Crippen LogP contribution >= 0.6 is 0 Å². The number of carboxylic acids is 1. The number of carbonyl (C=O) groups is 3. The molecule has 0 saturated carbocycles. The molecular formula is C15H20N2O4. The number of hydrogen-bond donors (Lipinski definition) is 3. The number of benzene rings is 1. The summed E-state index contributed by atoms with van der Waals surface area (Å²) in [6, 6.07) is 5.99. The van der Waals surface area contributed by atoms with Gasteiger partial charge in [0, 0.05) is 17.7 Å². The lowest BCUT2D eigenvalue weighted by atomic mass is 9.97. The molecule has 1 unspecified atom stereocenters. The van der Waals surface area contributed by atoms with E-state index < -0.39 is 23.7 Å². The zero-order valence-electron chi connectivity index (χ0n) is 12.1. The number of nitrogens with one attached hydrogen (secondary N) is 1. The molecule has 4 N–H and O–H groups in total. The summed E-state index contributed by atoms with van der Waals surface area (Å²) in [6.07, 6.45) is 0.483. The number of primary amides is 1. The molecule has 6 heteroatoms. The molecular weight excluding hydrogens is 272 g/mol. The average Bonchev–Trinajstić information content (AvgIpc) is 2.42. The smallest absolute Gasteiger partial charge is 0.308 e. The maximum Gasteiger partial charge on any atom is 0.308 e. The van der Waals surface area contributed by atoms with Crippen LogP contribution in [-0.4, -0.2) is 29.4 Å². The van der Waals surface area contributed by atoms with Crippen LogP contribution in [-0.2, 0) is 4.79 Å². The summed E-state index contributed by atoms with van der Waals surface area (Å²) in [6.45, 7) is 3.90. The Bertz CT molecular complexity index is 540. The van der Waals surface area contributed by atoms with Gasteiger partial charge < -0.3 is 16.2 Å². The third kappa shape index (κ3) is 5.25. The van der Waals surface area contributed by atoms with E-state index in [0.29, 0.717) is 6.42 Å². The molecule has 0 radical (unpaired) electrons. The summed E-state index contributed by atoms with van der Waals surface area (Å²) in [4.78, 5) is 34.2. The molecule has 21 heavy (non-hydrogen) atoms. The first kappa shape index (κ1) is 16.7. The van der Waals surface area contributed by atoms with Crippen LogP contribution in [0.15, 0.2) is 24.3 Å². The minimum absolute atomic E-state index is 0.0488. The molecule has 114 valence electrons. The number of aliphatic carboxylic acids is 1. The number of hydrogen-bond acceptors (Lipinski definition) is 3. The molecule has 1 atom stereocenters. The Hall–Kier alpha value is -2.37. The highest BCUT2D eigenvalue weighted by molar-refractivity contribution is 5.99. The normalized spacial score (nSPS) is 12.0. The Labute approximate surface area is 123 Å². The van der Waals surface area contributed by atoms with Gasteiger partial charge in [0.2, 0.25) is 5.91 Å². The fourth-order valence-corrected chi connectivity index (χ4v) is 1.97. The minimum atomic E-state index is -0.935. The van der Waals surface area contributed by atoms with Crippen LogP contribution in [0, 0.1) is 11.8 Å². The maximum absolute atomic E-state index is 12.0. The van der Waals surface area contributed by atoms with Crippen molar-refractivity contribution in [1.29, 1.82) is 0 Å². The molecule has 0 saturated heterocycles. The van der Waals surface area contributed by atoms with Gasteiger partial charge in [0.1, 0.15) is 0 Å². The summed E-state index contributed by atoms with van der Waals surface area (Å²) in [5.41, 5.74) is 5.66. The molecule has 1 aromatic rings. The number of amides is 2. The molecule has 2 amide bonds. The fourth-order valence-electron chi connectivity index (χ4n) is 1.97. The van der Waals surface area contributed by atoms with Crippen molar-refractivity contribution in [3.8, 4) is 0 Å². The van der Waals surface area contributed by atoms with Gasteiger partial charge in [0.25, 0.3) is 5.91 Å². The van der Waals surface area contributed by atoms with Crippen LogP contribution < -0.4 is 11.1 Å². The Balaban J connectivity index is 2.70. The number of rotatable bonds is 7. The fraction of sp³-hybridized carbons (Fsp3) is 0.400. The third-order valence-corrected chi connectivity index (χ3v) is 3.02. The van der Waals surface area contributed by atoms with Crippen LogP contribution in [0.5, 0.6) is 0 Å². The first-order valence-corrected chi connectivity index (χ1v) is 6.72. The Kier molecular flexibility index (Phi) is 5.90. The van der Waals surface area contributed by atoms with Gasteiger partial charge in [-0.15, -0.1) is 0 Å². The lowest BCUT2D eigenvalue weighted by Gasteiger charge is -2.15. The van der Waals surface area contributed by atoms with E-state index in [9.17, 15) is 14.4 Å².